The smallest absolute Gasteiger partial charge is 0.227 e. The zero-order valence-electron chi connectivity index (χ0n) is 21.5. The van der Waals surface area contributed by atoms with E-state index in [1.165, 1.54) is 4.88 Å². The molecule has 1 saturated carbocycles. The Morgan fingerprint density at radius 2 is 1.97 bits per heavy atom. The van der Waals surface area contributed by atoms with Gasteiger partial charge in [-0.1, -0.05) is 51.0 Å². The minimum absolute atomic E-state index is 0.000119. The van der Waals surface area contributed by atoms with Gasteiger partial charge in [0.25, 0.3) is 0 Å². The van der Waals surface area contributed by atoms with Crippen LogP contribution in [0.2, 0.25) is 5.02 Å². The minimum Gasteiger partial charge on any atom is -0.324 e. The second-order valence-corrected chi connectivity index (χ2v) is 13.5. The number of anilines is 1. The summed E-state index contributed by atoms with van der Waals surface area (Å²) in [5.41, 5.74) is 5.00. The summed E-state index contributed by atoms with van der Waals surface area (Å²) in [6.07, 6.45) is 7.39. The molecule has 0 spiro atoms. The standard InChI is InChI=1S/C30H30ClIN4OS/c1-18-8-13-24(17-34-18)35-30(37)22-11-9-21(10-12-22)20(3)36-15-14-32-29(33-4)27(36)19(2)26-16-23-6-5-7-25(31)28(23)38-26/h5-8,13-17,21-22H,3-4,9-12H2,1-2H3,(H,35,37)/b27-19+. The Hall–Kier alpha value is -2.62. The van der Waals surface area contributed by atoms with Gasteiger partial charge < -0.3 is 10.2 Å². The summed E-state index contributed by atoms with van der Waals surface area (Å²) >= 11 is 7.82. The van der Waals surface area contributed by atoms with Crippen molar-refractivity contribution in [2.45, 2.75) is 39.5 Å². The van der Waals surface area contributed by atoms with E-state index < -0.39 is 0 Å². The molecule has 8 heteroatoms. The Kier molecular flexibility index (Phi) is 8.26. The molecule has 196 valence electrons. The number of thiophene rings is 1. The maximum Gasteiger partial charge on any atom is 0.227 e. The summed E-state index contributed by atoms with van der Waals surface area (Å²) in [4.78, 5) is 25.0. The van der Waals surface area contributed by atoms with Gasteiger partial charge in [-0.05, 0) is 91.5 Å². The highest BCUT2D eigenvalue weighted by atomic mass is 127. The second-order valence-electron chi connectivity index (χ2n) is 9.66. The number of hydrogen-bond acceptors (Lipinski definition) is 5. The largest absolute Gasteiger partial charge is 0.324 e. The summed E-state index contributed by atoms with van der Waals surface area (Å²) in [7, 11) is 0. The van der Waals surface area contributed by atoms with Crippen molar-refractivity contribution >= 4 is 81.3 Å². The third-order valence-corrected chi connectivity index (χ3v) is 11.1. The molecule has 5 nitrogen and oxygen atoms in total. The summed E-state index contributed by atoms with van der Waals surface area (Å²) in [5, 5.41) is 4.96. The SMILES string of the molecule is C=NC1=IC=CN(C(=C)C2CCC(C(=O)Nc3ccc(C)nc3)CC2)/C1=C(\C)c1cc2cccc(Cl)c2s1. The Bertz CT molecular complexity index is 1500. The van der Waals surface area contributed by atoms with Gasteiger partial charge in [0.2, 0.25) is 5.91 Å². The molecule has 1 aliphatic carbocycles. The maximum atomic E-state index is 12.9. The summed E-state index contributed by atoms with van der Waals surface area (Å²) in [5.74, 6) is 0.376. The van der Waals surface area contributed by atoms with Crippen LogP contribution in [0.3, 0.4) is 0 Å². The zero-order chi connectivity index (χ0) is 26.8. The lowest BCUT2D eigenvalue weighted by atomic mass is 9.80. The highest BCUT2D eigenvalue weighted by molar-refractivity contribution is 14.2. The lowest BCUT2D eigenvalue weighted by Crippen LogP contribution is -2.31. The third kappa shape index (κ3) is 5.55. The fourth-order valence-electron chi connectivity index (χ4n) is 5.05. The van der Waals surface area contributed by atoms with Gasteiger partial charge in [0, 0.05) is 28.4 Å². The van der Waals surface area contributed by atoms with E-state index in [2.05, 4.69) is 62.8 Å². The van der Waals surface area contributed by atoms with Crippen molar-refractivity contribution in [2.24, 2.45) is 16.8 Å². The molecule has 2 aliphatic rings. The number of aliphatic imine (C=N–C) groups is 1. The molecular weight excluding hydrogens is 627 g/mol. The fourth-order valence-corrected chi connectivity index (χ4v) is 8.40. The number of pyridine rings is 1. The quantitative estimate of drug-likeness (QED) is 0.214. The molecule has 0 unspecified atom stereocenters. The monoisotopic (exact) mass is 656 g/mol. The van der Waals surface area contributed by atoms with Crippen LogP contribution in [0.5, 0.6) is 0 Å². The molecule has 1 amide bonds. The molecule has 1 fully saturated rings. The van der Waals surface area contributed by atoms with E-state index in [0.29, 0.717) is 5.92 Å². The van der Waals surface area contributed by atoms with Crippen LogP contribution in [0, 0.1) is 18.8 Å². The van der Waals surface area contributed by atoms with E-state index in [-0.39, 0.29) is 32.6 Å². The summed E-state index contributed by atoms with van der Waals surface area (Å²) in [6, 6.07) is 12.1. The van der Waals surface area contributed by atoms with Crippen molar-refractivity contribution in [3.63, 3.8) is 0 Å². The lowest BCUT2D eigenvalue weighted by Gasteiger charge is -2.36. The third-order valence-electron chi connectivity index (χ3n) is 7.23. The molecule has 0 bridgehead atoms. The van der Waals surface area contributed by atoms with Crippen molar-refractivity contribution < 1.29 is 4.79 Å². The number of aryl methyl sites for hydroxylation is 1. The van der Waals surface area contributed by atoms with Gasteiger partial charge in [-0.15, -0.1) is 11.3 Å². The molecule has 38 heavy (non-hydrogen) atoms. The van der Waals surface area contributed by atoms with Crippen LogP contribution < -0.4 is 5.32 Å². The molecule has 1 aromatic carbocycles. The van der Waals surface area contributed by atoms with Crippen molar-refractivity contribution in [1.82, 2.24) is 9.88 Å². The van der Waals surface area contributed by atoms with E-state index in [1.807, 2.05) is 31.2 Å². The maximum absolute atomic E-state index is 12.9. The minimum atomic E-state index is -0.376. The summed E-state index contributed by atoms with van der Waals surface area (Å²) in [6.45, 7) is 12.5. The number of nitrogens with one attached hydrogen (secondary N) is 1. The normalized spacial score (nSPS) is 20.9. The molecular formula is C30H30ClIN4OS. The van der Waals surface area contributed by atoms with Crippen molar-refractivity contribution in [3.05, 3.63) is 86.4 Å². The molecule has 3 heterocycles. The number of aromatic nitrogens is 1. The van der Waals surface area contributed by atoms with Crippen molar-refractivity contribution in [3.8, 4) is 0 Å². The first-order valence-corrected chi connectivity index (χ1v) is 16.1. The first-order valence-electron chi connectivity index (χ1n) is 12.6. The number of hydrogen-bond donors (Lipinski definition) is 1. The van der Waals surface area contributed by atoms with Gasteiger partial charge in [-0.25, -0.2) is 0 Å². The average Bonchev–Trinajstić information content (AvgIpc) is 3.39. The molecule has 0 radical (unpaired) electrons. The molecule has 0 atom stereocenters. The van der Waals surface area contributed by atoms with Crippen LogP contribution >= 0.6 is 43.7 Å². The van der Waals surface area contributed by atoms with E-state index in [0.717, 1.165) is 72.8 Å². The second kappa shape index (κ2) is 11.6. The van der Waals surface area contributed by atoms with Gasteiger partial charge in [0.15, 0.2) is 0 Å². The number of nitrogens with zero attached hydrogens (tertiary/aromatic N) is 3. The van der Waals surface area contributed by atoms with Crippen LogP contribution in [0.15, 0.2) is 75.8 Å². The first-order chi connectivity index (χ1) is 18.4. The molecule has 2 aromatic heterocycles. The number of carbonyl (C=O) groups excluding carboxylic acids is 1. The predicted octanol–water partition coefficient (Wildman–Crippen LogP) is 8.54. The number of carbonyl (C=O) groups is 1. The summed E-state index contributed by atoms with van der Waals surface area (Å²) < 4.78 is 4.37. The average molecular weight is 657 g/mol. The Balaban J connectivity index is 1.33. The van der Waals surface area contributed by atoms with Crippen LogP contribution in [0.4, 0.5) is 5.69 Å². The van der Waals surface area contributed by atoms with Gasteiger partial charge >= 0.3 is 0 Å². The van der Waals surface area contributed by atoms with E-state index in [1.54, 1.807) is 17.5 Å². The Morgan fingerprint density at radius 3 is 2.66 bits per heavy atom. The van der Waals surface area contributed by atoms with Crippen molar-refractivity contribution in [1.29, 1.82) is 0 Å². The lowest BCUT2D eigenvalue weighted by molar-refractivity contribution is -0.121. The molecule has 5 rings (SSSR count). The van der Waals surface area contributed by atoms with Gasteiger partial charge in [0.05, 0.1) is 27.3 Å². The van der Waals surface area contributed by atoms with E-state index >= 15 is 0 Å². The van der Waals surface area contributed by atoms with Crippen molar-refractivity contribution in [2.75, 3.05) is 5.32 Å². The molecule has 3 aromatic rings. The Labute approximate surface area is 242 Å². The number of halogens is 2. The highest BCUT2D eigenvalue weighted by Gasteiger charge is 2.31. The number of amides is 1. The molecule has 0 saturated heterocycles. The van der Waals surface area contributed by atoms with E-state index in [9.17, 15) is 4.79 Å². The number of fused-ring (bicyclic) bond motifs is 1. The number of rotatable bonds is 6. The molecule has 1 aliphatic heterocycles. The van der Waals surface area contributed by atoms with Gasteiger partial charge in [0.1, 0.15) is 3.63 Å². The predicted molar refractivity (Wildman–Crippen MR) is 171 cm³/mol. The number of allylic oxidation sites excluding steroid dienone is 2. The highest BCUT2D eigenvalue weighted by Crippen LogP contribution is 2.42. The van der Waals surface area contributed by atoms with Gasteiger partial charge in [-0.3, -0.25) is 14.8 Å². The number of benzene rings is 1. The fraction of sp³-hybridized carbons (Fsp3) is 0.267. The topological polar surface area (TPSA) is 57.6 Å². The molecule has 1 N–H and O–H groups in total. The van der Waals surface area contributed by atoms with Crippen LogP contribution in [-0.2, 0) is 4.79 Å². The zero-order valence-corrected chi connectivity index (χ0v) is 25.2. The Morgan fingerprint density at radius 1 is 1.21 bits per heavy atom. The van der Waals surface area contributed by atoms with Crippen LogP contribution in [0.25, 0.3) is 15.7 Å². The van der Waals surface area contributed by atoms with Crippen LogP contribution in [-0.4, -0.2) is 26.1 Å². The van der Waals surface area contributed by atoms with Crippen LogP contribution in [0.1, 0.15) is 43.2 Å². The van der Waals surface area contributed by atoms with Gasteiger partial charge in [-0.2, -0.15) is 0 Å². The first kappa shape index (κ1) is 27.0. The van der Waals surface area contributed by atoms with E-state index in [4.69, 9.17) is 11.6 Å².